The first-order valence-corrected chi connectivity index (χ1v) is 27.9. The van der Waals surface area contributed by atoms with Gasteiger partial charge in [-0.25, -0.2) is 44.9 Å². The summed E-state index contributed by atoms with van der Waals surface area (Å²) < 4.78 is 0. The first-order valence-electron chi connectivity index (χ1n) is 27.9. The topological polar surface area (TPSA) is 116 Å². The molecule has 14 aromatic rings. The lowest BCUT2D eigenvalue weighted by Gasteiger charge is -2.12. The van der Waals surface area contributed by atoms with Crippen LogP contribution >= 0.6 is 0 Å². The van der Waals surface area contributed by atoms with Crippen molar-refractivity contribution in [1.29, 1.82) is 0 Å². The van der Waals surface area contributed by atoms with E-state index in [0.717, 1.165) is 69.5 Å². The van der Waals surface area contributed by atoms with Crippen LogP contribution in [0.25, 0.3) is 123 Å². The SMILES string of the molecule is Cc1nc(-c2ccccc2)nc(-c2ccc3c(c2)-c2ccccc2C3)n1.Cc1nc(-c2ccccc2)nc(-c2ccc3c(c2)-c2ccccc2C3)n1.Cc1nc(-c2ccccc2)nc(-c2ccc3c4ccccc4c4ccccc4c3c2)n1. The van der Waals surface area contributed by atoms with Crippen LogP contribution in [0.2, 0.25) is 0 Å². The summed E-state index contributed by atoms with van der Waals surface area (Å²) in [5.74, 6) is 6.46. The normalized spacial score (nSPS) is 11.7. The molecule has 394 valence electrons. The van der Waals surface area contributed by atoms with Crippen LogP contribution in [-0.4, -0.2) is 44.9 Å². The number of rotatable bonds is 6. The van der Waals surface area contributed by atoms with Gasteiger partial charge in [-0.1, -0.05) is 224 Å². The van der Waals surface area contributed by atoms with Crippen molar-refractivity contribution in [2.75, 3.05) is 0 Å². The Morgan fingerprint density at radius 2 is 0.482 bits per heavy atom. The molecule has 3 heterocycles. The van der Waals surface area contributed by atoms with Crippen molar-refractivity contribution in [2.24, 2.45) is 0 Å². The van der Waals surface area contributed by atoms with E-state index in [0.29, 0.717) is 29.1 Å². The van der Waals surface area contributed by atoms with Gasteiger partial charge in [-0.3, -0.25) is 0 Å². The lowest BCUT2D eigenvalue weighted by molar-refractivity contribution is 0.991. The van der Waals surface area contributed by atoms with Crippen molar-refractivity contribution in [2.45, 2.75) is 33.6 Å². The summed E-state index contributed by atoms with van der Waals surface area (Å²) in [5.41, 5.74) is 16.8. The van der Waals surface area contributed by atoms with Gasteiger partial charge in [0.25, 0.3) is 0 Å². The molecule has 2 aliphatic rings. The summed E-state index contributed by atoms with van der Waals surface area (Å²) in [4.78, 5) is 41.7. The average molecular weight is 1070 g/mol. The number of hydrogen-bond donors (Lipinski definition) is 0. The van der Waals surface area contributed by atoms with Crippen LogP contribution in [0.5, 0.6) is 0 Å². The molecule has 0 fully saturated rings. The van der Waals surface area contributed by atoms with Gasteiger partial charge >= 0.3 is 0 Å². The number of aryl methyl sites for hydroxylation is 3. The molecule has 0 spiro atoms. The van der Waals surface area contributed by atoms with Crippen LogP contribution in [0.3, 0.4) is 0 Å². The minimum atomic E-state index is 0.700. The first kappa shape index (κ1) is 50.4. The predicted octanol–water partition coefficient (Wildman–Crippen LogP) is 17.1. The van der Waals surface area contributed by atoms with Gasteiger partial charge in [0.05, 0.1) is 0 Å². The Morgan fingerprint density at radius 3 is 0.867 bits per heavy atom. The van der Waals surface area contributed by atoms with Crippen LogP contribution in [0.1, 0.15) is 39.7 Å². The predicted molar refractivity (Wildman–Crippen MR) is 335 cm³/mol. The number of aromatic nitrogens is 9. The Labute approximate surface area is 481 Å². The maximum absolute atomic E-state index is 4.80. The monoisotopic (exact) mass is 1070 g/mol. The Bertz CT molecular complexity index is 4560. The van der Waals surface area contributed by atoms with Gasteiger partial charge in [0.2, 0.25) is 0 Å². The molecule has 0 amide bonds. The number of hydrogen-bond acceptors (Lipinski definition) is 9. The molecule has 0 atom stereocenters. The van der Waals surface area contributed by atoms with E-state index in [1.54, 1.807) is 0 Å². The lowest BCUT2D eigenvalue weighted by Crippen LogP contribution is -1.99. The third-order valence-corrected chi connectivity index (χ3v) is 15.5. The molecule has 0 unspecified atom stereocenters. The average Bonchev–Trinajstić information content (AvgIpc) is 4.29. The van der Waals surface area contributed by atoms with Crippen molar-refractivity contribution < 1.29 is 0 Å². The van der Waals surface area contributed by atoms with E-state index in [9.17, 15) is 0 Å². The molecular weight excluding hydrogens is 1010 g/mol. The molecule has 11 aromatic carbocycles. The smallest absolute Gasteiger partial charge is 0.163 e. The van der Waals surface area contributed by atoms with E-state index >= 15 is 0 Å². The highest BCUT2D eigenvalue weighted by molar-refractivity contribution is 6.25. The number of nitrogens with zero attached hydrogens (tertiary/aromatic N) is 9. The van der Waals surface area contributed by atoms with Crippen LogP contribution in [0.15, 0.2) is 243 Å². The second-order valence-corrected chi connectivity index (χ2v) is 21.0. The molecule has 2 aliphatic carbocycles. The Balaban J connectivity index is 0.000000112. The zero-order valence-electron chi connectivity index (χ0n) is 46.0. The summed E-state index contributed by atoms with van der Waals surface area (Å²) >= 11 is 0. The van der Waals surface area contributed by atoms with E-state index in [-0.39, 0.29) is 0 Å². The molecule has 16 rings (SSSR count). The van der Waals surface area contributed by atoms with Crippen LogP contribution in [-0.2, 0) is 12.8 Å². The second kappa shape index (κ2) is 21.7. The highest BCUT2D eigenvalue weighted by atomic mass is 15.0. The van der Waals surface area contributed by atoms with E-state index in [4.69, 9.17) is 15.0 Å². The molecule has 0 N–H and O–H groups in total. The van der Waals surface area contributed by atoms with Crippen LogP contribution in [0, 0.1) is 20.8 Å². The van der Waals surface area contributed by atoms with Gasteiger partial charge in [0, 0.05) is 33.4 Å². The van der Waals surface area contributed by atoms with E-state index in [1.807, 2.05) is 112 Å². The van der Waals surface area contributed by atoms with Crippen molar-refractivity contribution in [3.63, 3.8) is 0 Å². The fraction of sp³-hybridized carbons (Fsp3) is 0.0676. The fourth-order valence-corrected chi connectivity index (χ4v) is 11.6. The quantitative estimate of drug-likeness (QED) is 0.150. The van der Waals surface area contributed by atoms with E-state index < -0.39 is 0 Å². The largest absolute Gasteiger partial charge is 0.213 e. The van der Waals surface area contributed by atoms with Crippen molar-refractivity contribution in [1.82, 2.24) is 44.9 Å². The van der Waals surface area contributed by atoms with Crippen LogP contribution in [0.4, 0.5) is 0 Å². The Kier molecular flexibility index (Phi) is 13.2. The molecule has 0 radical (unpaired) electrons. The standard InChI is InChI=1S/C28H19N3.2C23H17N3/c1-18-29-27(19-9-3-2-4-10-19)31-28(30-18)20-15-16-25-23-13-6-5-11-21(23)22-12-7-8-14-24(22)26(25)17-20;2*1-15-24-22(16-7-3-2-4-8-16)26-23(25-15)19-12-11-18-13-17-9-5-6-10-20(17)21(18)14-19/h2-17H,1H3;2*2-12,14H,13H2,1H3. The van der Waals surface area contributed by atoms with E-state index in [1.165, 1.54) is 76.8 Å². The van der Waals surface area contributed by atoms with Gasteiger partial charge in [0.15, 0.2) is 34.9 Å². The second-order valence-electron chi connectivity index (χ2n) is 21.0. The fourth-order valence-electron chi connectivity index (χ4n) is 11.6. The third-order valence-electron chi connectivity index (χ3n) is 15.5. The van der Waals surface area contributed by atoms with Crippen LogP contribution < -0.4 is 0 Å². The molecule has 3 aromatic heterocycles. The van der Waals surface area contributed by atoms with Gasteiger partial charge < -0.3 is 0 Å². The lowest BCUT2D eigenvalue weighted by atomic mass is 9.93. The molecular formula is C74H53N9. The third kappa shape index (κ3) is 10.1. The van der Waals surface area contributed by atoms with Crippen molar-refractivity contribution in [3.05, 3.63) is 282 Å². The molecule has 83 heavy (non-hydrogen) atoms. The summed E-state index contributed by atoms with van der Waals surface area (Å²) in [6.07, 6.45) is 1.99. The maximum Gasteiger partial charge on any atom is 0.163 e. The molecule has 0 saturated heterocycles. The summed E-state index contributed by atoms with van der Waals surface area (Å²) in [6.45, 7) is 5.75. The zero-order valence-corrected chi connectivity index (χ0v) is 46.0. The summed E-state index contributed by atoms with van der Waals surface area (Å²) in [7, 11) is 0. The minimum absolute atomic E-state index is 0.700. The molecule has 0 saturated carbocycles. The summed E-state index contributed by atoms with van der Waals surface area (Å²) in [5, 5.41) is 7.50. The van der Waals surface area contributed by atoms with Crippen molar-refractivity contribution in [3.8, 4) is 90.6 Å². The van der Waals surface area contributed by atoms with Gasteiger partial charge in [-0.2, -0.15) is 0 Å². The molecule has 0 aliphatic heterocycles. The first-order chi connectivity index (χ1) is 40.8. The highest BCUT2D eigenvalue weighted by Crippen LogP contribution is 2.41. The highest BCUT2D eigenvalue weighted by Gasteiger charge is 2.22. The van der Waals surface area contributed by atoms with Gasteiger partial charge in [0.1, 0.15) is 17.5 Å². The number of fused-ring (bicyclic) bond motifs is 12. The number of benzene rings is 11. The van der Waals surface area contributed by atoms with Gasteiger partial charge in [-0.15, -0.1) is 0 Å². The molecule has 9 nitrogen and oxygen atoms in total. The van der Waals surface area contributed by atoms with E-state index in [2.05, 4.69) is 182 Å². The zero-order chi connectivity index (χ0) is 55.8. The summed E-state index contributed by atoms with van der Waals surface area (Å²) in [6, 6.07) is 84.2. The van der Waals surface area contributed by atoms with Crippen molar-refractivity contribution >= 4 is 32.3 Å². The molecule has 0 bridgehead atoms. The molecule has 9 heteroatoms. The Morgan fingerprint density at radius 1 is 0.205 bits per heavy atom. The maximum atomic E-state index is 4.80. The minimum Gasteiger partial charge on any atom is -0.213 e. The van der Waals surface area contributed by atoms with Gasteiger partial charge in [-0.05, 0) is 129 Å². The Hall–Kier alpha value is -10.8.